The Morgan fingerprint density at radius 1 is 1.14 bits per heavy atom. The first-order valence-electron chi connectivity index (χ1n) is 6.36. The summed E-state index contributed by atoms with van der Waals surface area (Å²) < 4.78 is 27.2. The fourth-order valence-corrected chi connectivity index (χ4v) is 3.68. The van der Waals surface area contributed by atoms with Gasteiger partial charge >= 0.3 is 0 Å². The molecule has 0 saturated carbocycles. The van der Waals surface area contributed by atoms with Crippen molar-refractivity contribution in [1.82, 2.24) is 4.72 Å². The van der Waals surface area contributed by atoms with Crippen LogP contribution in [-0.2, 0) is 16.6 Å². The van der Waals surface area contributed by atoms with Gasteiger partial charge in [-0.15, -0.1) is 0 Å². The van der Waals surface area contributed by atoms with E-state index < -0.39 is 10.0 Å². The van der Waals surface area contributed by atoms with Crippen molar-refractivity contribution < 1.29 is 13.2 Å². The van der Waals surface area contributed by atoms with Crippen LogP contribution in [-0.4, -0.2) is 19.5 Å². The first kappa shape index (κ1) is 17.1. The van der Waals surface area contributed by atoms with E-state index in [0.29, 0.717) is 5.56 Å². The molecule has 2 aromatic carbocycles. The van der Waals surface area contributed by atoms with Crippen LogP contribution in [0.3, 0.4) is 0 Å². The zero-order chi connectivity index (χ0) is 16.2. The molecular formula is C15H13BrClNO3S. The predicted molar refractivity (Wildman–Crippen MR) is 90.0 cm³/mol. The van der Waals surface area contributed by atoms with Crippen LogP contribution in [0.4, 0.5) is 0 Å². The van der Waals surface area contributed by atoms with Crippen molar-refractivity contribution in [3.05, 3.63) is 64.7 Å². The number of rotatable bonds is 6. The third-order valence-electron chi connectivity index (χ3n) is 2.97. The summed E-state index contributed by atoms with van der Waals surface area (Å²) >= 11 is 9.03. The van der Waals surface area contributed by atoms with E-state index >= 15 is 0 Å². The normalized spacial score (nSPS) is 11.4. The number of halogens is 2. The largest absolute Gasteiger partial charge is 0.293 e. The monoisotopic (exact) mass is 401 g/mol. The van der Waals surface area contributed by atoms with E-state index in [2.05, 4.69) is 20.7 Å². The average molecular weight is 403 g/mol. The second-order valence-electron chi connectivity index (χ2n) is 4.51. The van der Waals surface area contributed by atoms with Crippen molar-refractivity contribution in [2.45, 2.75) is 11.4 Å². The lowest BCUT2D eigenvalue weighted by Crippen LogP contribution is -2.24. The minimum Gasteiger partial charge on any atom is -0.293 e. The van der Waals surface area contributed by atoms with Crippen LogP contribution in [0, 0.1) is 0 Å². The zero-order valence-corrected chi connectivity index (χ0v) is 14.6. The lowest BCUT2D eigenvalue weighted by atomic mass is 10.1. The summed E-state index contributed by atoms with van der Waals surface area (Å²) in [7, 11) is -3.80. The Morgan fingerprint density at radius 3 is 2.45 bits per heavy atom. The highest BCUT2D eigenvalue weighted by molar-refractivity contribution is 9.09. The molecule has 0 atom stereocenters. The van der Waals surface area contributed by atoms with Gasteiger partial charge in [-0.05, 0) is 23.8 Å². The smallest absolute Gasteiger partial charge is 0.242 e. The molecule has 0 spiro atoms. The number of hydrogen-bond donors (Lipinski definition) is 1. The van der Waals surface area contributed by atoms with E-state index in [9.17, 15) is 13.2 Å². The van der Waals surface area contributed by atoms with Gasteiger partial charge in [0.15, 0.2) is 5.78 Å². The summed E-state index contributed by atoms with van der Waals surface area (Å²) in [5, 5.41) is 0.192. The molecule has 0 aliphatic rings. The quantitative estimate of drug-likeness (QED) is 0.595. The summed E-state index contributed by atoms with van der Waals surface area (Å²) in [5.74, 6) is -0.212. The van der Waals surface area contributed by atoms with Gasteiger partial charge in [-0.1, -0.05) is 57.9 Å². The lowest BCUT2D eigenvalue weighted by molar-refractivity contribution is 0.102. The van der Waals surface area contributed by atoms with Crippen LogP contribution in [0.2, 0.25) is 5.02 Å². The summed E-state index contributed by atoms with van der Waals surface area (Å²) in [5.41, 5.74) is 1.12. The minimum absolute atomic E-state index is 0.0756. The highest BCUT2D eigenvalue weighted by Crippen LogP contribution is 2.23. The molecule has 7 heteroatoms. The molecule has 0 aliphatic carbocycles. The third-order valence-corrected chi connectivity index (χ3v) is 5.37. The maximum absolute atomic E-state index is 12.4. The van der Waals surface area contributed by atoms with Gasteiger partial charge in [-0.3, -0.25) is 4.79 Å². The summed E-state index contributed by atoms with van der Waals surface area (Å²) in [6, 6.07) is 13.3. The number of nitrogens with one attached hydrogen (secondary N) is 1. The maximum atomic E-state index is 12.4. The highest BCUT2D eigenvalue weighted by Gasteiger charge is 2.19. The molecule has 0 saturated heterocycles. The van der Waals surface area contributed by atoms with E-state index in [1.54, 1.807) is 0 Å². The van der Waals surface area contributed by atoms with Crippen LogP contribution in [0.5, 0.6) is 0 Å². The number of carbonyl (C=O) groups excluding carboxylic acids is 1. The first-order chi connectivity index (χ1) is 10.4. The fraction of sp³-hybridized carbons (Fsp3) is 0.133. The Kier molecular flexibility index (Phi) is 5.74. The lowest BCUT2D eigenvalue weighted by Gasteiger charge is -2.10. The van der Waals surface area contributed by atoms with Crippen molar-refractivity contribution in [3.8, 4) is 0 Å². The van der Waals surface area contributed by atoms with Gasteiger partial charge in [0.25, 0.3) is 0 Å². The van der Waals surface area contributed by atoms with Crippen LogP contribution in [0.15, 0.2) is 53.4 Å². The van der Waals surface area contributed by atoms with Gasteiger partial charge < -0.3 is 0 Å². The summed E-state index contributed by atoms with van der Waals surface area (Å²) in [4.78, 5) is 11.6. The van der Waals surface area contributed by atoms with Crippen molar-refractivity contribution >= 4 is 43.3 Å². The Labute approximate surface area is 142 Å². The molecule has 1 N–H and O–H groups in total. The first-order valence-corrected chi connectivity index (χ1v) is 9.34. The number of alkyl halides is 1. The van der Waals surface area contributed by atoms with Crippen LogP contribution in [0.1, 0.15) is 15.9 Å². The zero-order valence-electron chi connectivity index (χ0n) is 11.4. The van der Waals surface area contributed by atoms with Crippen LogP contribution in [0.25, 0.3) is 0 Å². The Bertz CT molecular complexity index is 779. The molecule has 2 rings (SSSR count). The van der Waals surface area contributed by atoms with Gasteiger partial charge in [-0.25, -0.2) is 13.1 Å². The number of carbonyl (C=O) groups is 1. The molecule has 116 valence electrons. The number of sulfonamides is 1. The molecule has 0 amide bonds. The summed E-state index contributed by atoms with van der Waals surface area (Å²) in [6.07, 6.45) is 0. The topological polar surface area (TPSA) is 63.2 Å². The molecule has 0 aromatic heterocycles. The number of benzene rings is 2. The average Bonchev–Trinajstić information content (AvgIpc) is 2.53. The van der Waals surface area contributed by atoms with Gasteiger partial charge in [0, 0.05) is 12.1 Å². The molecule has 0 unspecified atom stereocenters. The van der Waals surface area contributed by atoms with Crippen molar-refractivity contribution in [3.63, 3.8) is 0 Å². The van der Waals surface area contributed by atoms with Crippen molar-refractivity contribution in [1.29, 1.82) is 0 Å². The minimum atomic E-state index is -3.80. The van der Waals surface area contributed by atoms with Gasteiger partial charge in [-0.2, -0.15) is 0 Å². The Balaban J connectivity index is 2.27. The number of hydrogen-bond acceptors (Lipinski definition) is 3. The molecule has 2 aromatic rings. The molecule has 0 fully saturated rings. The van der Waals surface area contributed by atoms with Gasteiger partial charge in [0.05, 0.1) is 10.4 Å². The van der Waals surface area contributed by atoms with Gasteiger partial charge in [0.2, 0.25) is 10.0 Å². The van der Waals surface area contributed by atoms with Crippen LogP contribution >= 0.6 is 27.5 Å². The Hall–Kier alpha value is -1.21. The molecule has 0 heterocycles. The number of Topliss-reactive ketones (excluding diaryl/α,β-unsaturated/α-hetero) is 1. The second kappa shape index (κ2) is 7.37. The molecule has 0 bridgehead atoms. The van der Waals surface area contributed by atoms with Crippen molar-refractivity contribution in [2.24, 2.45) is 0 Å². The highest BCUT2D eigenvalue weighted by atomic mass is 79.9. The molecule has 0 aliphatic heterocycles. The van der Waals surface area contributed by atoms with E-state index in [0.717, 1.165) is 5.56 Å². The molecule has 0 radical (unpaired) electrons. The predicted octanol–water partition coefficient (Wildman–Crippen LogP) is 3.40. The summed E-state index contributed by atoms with van der Waals surface area (Å²) in [6.45, 7) is 0.149. The van der Waals surface area contributed by atoms with E-state index in [1.165, 1.54) is 18.2 Å². The SMILES string of the molecule is O=C(CBr)c1ccc(Cl)c(S(=O)(=O)NCc2ccccc2)c1. The van der Waals surface area contributed by atoms with Gasteiger partial charge in [0.1, 0.15) is 4.90 Å². The standard InChI is InChI=1S/C15H13BrClNO3S/c16-9-14(19)12-6-7-13(17)15(8-12)22(20,21)18-10-11-4-2-1-3-5-11/h1-8,18H,9-10H2. The van der Waals surface area contributed by atoms with E-state index in [1.807, 2.05) is 30.3 Å². The molecule has 22 heavy (non-hydrogen) atoms. The van der Waals surface area contributed by atoms with E-state index in [-0.39, 0.29) is 27.6 Å². The fourth-order valence-electron chi connectivity index (χ4n) is 1.81. The maximum Gasteiger partial charge on any atom is 0.242 e. The molecule has 4 nitrogen and oxygen atoms in total. The van der Waals surface area contributed by atoms with Crippen molar-refractivity contribution in [2.75, 3.05) is 5.33 Å². The Morgan fingerprint density at radius 2 is 1.82 bits per heavy atom. The molecular weight excluding hydrogens is 390 g/mol. The number of ketones is 1. The van der Waals surface area contributed by atoms with E-state index in [4.69, 9.17) is 11.6 Å². The van der Waals surface area contributed by atoms with Crippen LogP contribution < -0.4 is 4.72 Å². The second-order valence-corrected chi connectivity index (χ2v) is 7.22. The third kappa shape index (κ3) is 4.16.